The Labute approximate surface area is 116 Å². The molecule has 1 atom stereocenters. The summed E-state index contributed by atoms with van der Waals surface area (Å²) in [5.41, 5.74) is 0.646. The first-order chi connectivity index (χ1) is 9.04. The van der Waals surface area contributed by atoms with E-state index in [-0.39, 0.29) is 16.0 Å². The van der Waals surface area contributed by atoms with Crippen molar-refractivity contribution in [2.75, 3.05) is 17.6 Å². The van der Waals surface area contributed by atoms with Crippen molar-refractivity contribution in [1.29, 1.82) is 5.26 Å². The van der Waals surface area contributed by atoms with Crippen molar-refractivity contribution < 1.29 is 4.92 Å². The molecule has 1 aromatic carbocycles. The van der Waals surface area contributed by atoms with E-state index in [0.717, 1.165) is 13.0 Å². The van der Waals surface area contributed by atoms with Gasteiger partial charge < -0.3 is 5.32 Å². The Balaban J connectivity index is 2.11. The van der Waals surface area contributed by atoms with Gasteiger partial charge in [0.2, 0.25) is 0 Å². The van der Waals surface area contributed by atoms with Crippen LogP contribution in [0.1, 0.15) is 25.3 Å². The molecule has 0 radical (unpaired) electrons. The molecule has 1 aromatic rings. The fourth-order valence-corrected chi connectivity index (χ4v) is 3.40. The molecule has 0 amide bonds. The maximum Gasteiger partial charge on any atom is 0.289 e. The van der Waals surface area contributed by atoms with Crippen LogP contribution in [0.3, 0.4) is 0 Å². The van der Waals surface area contributed by atoms with E-state index in [1.165, 1.54) is 24.3 Å². The zero-order chi connectivity index (χ0) is 13.9. The van der Waals surface area contributed by atoms with E-state index in [0.29, 0.717) is 5.69 Å². The molecule has 0 aliphatic carbocycles. The Morgan fingerprint density at radius 1 is 1.63 bits per heavy atom. The van der Waals surface area contributed by atoms with Crippen molar-refractivity contribution in [3.63, 3.8) is 0 Å². The van der Waals surface area contributed by atoms with Crippen molar-refractivity contribution in [2.45, 2.75) is 24.5 Å². The molecule has 1 saturated heterocycles. The second kappa shape index (κ2) is 5.49. The van der Waals surface area contributed by atoms with E-state index in [2.05, 4.69) is 12.2 Å². The molecule has 19 heavy (non-hydrogen) atoms. The summed E-state index contributed by atoms with van der Waals surface area (Å²) >= 11 is 1.93. The number of nitrogens with one attached hydrogen (secondary N) is 1. The minimum Gasteiger partial charge on any atom is -0.383 e. The number of nitro groups is 1. The van der Waals surface area contributed by atoms with Crippen LogP contribution in [0.5, 0.6) is 0 Å². The smallest absolute Gasteiger partial charge is 0.289 e. The van der Waals surface area contributed by atoms with E-state index in [9.17, 15) is 10.1 Å². The highest BCUT2D eigenvalue weighted by molar-refractivity contribution is 8.00. The van der Waals surface area contributed by atoms with Crippen LogP contribution in [0.2, 0.25) is 0 Å². The van der Waals surface area contributed by atoms with Gasteiger partial charge in [-0.1, -0.05) is 0 Å². The number of nitriles is 1. The molecule has 100 valence electrons. The highest BCUT2D eigenvalue weighted by atomic mass is 32.2. The Hall–Kier alpha value is -1.74. The number of anilines is 1. The monoisotopic (exact) mass is 277 g/mol. The van der Waals surface area contributed by atoms with Crippen molar-refractivity contribution >= 4 is 23.1 Å². The third kappa shape index (κ3) is 3.18. The van der Waals surface area contributed by atoms with Crippen LogP contribution in [0.15, 0.2) is 18.2 Å². The lowest BCUT2D eigenvalue weighted by Gasteiger charge is -2.23. The normalized spacial score (nSPS) is 21.9. The third-order valence-electron chi connectivity index (χ3n) is 3.28. The van der Waals surface area contributed by atoms with Gasteiger partial charge in [-0.2, -0.15) is 17.0 Å². The minimum atomic E-state index is -0.518. The molecular weight excluding hydrogens is 262 g/mol. The first-order valence-electron chi connectivity index (χ1n) is 6.10. The topological polar surface area (TPSA) is 79.0 Å². The highest BCUT2D eigenvalue weighted by Gasteiger charge is 2.29. The summed E-state index contributed by atoms with van der Waals surface area (Å²) in [7, 11) is 0. The molecular formula is C13H15N3O2S. The molecule has 5 nitrogen and oxygen atoms in total. The number of hydrogen-bond donors (Lipinski definition) is 1. The van der Waals surface area contributed by atoms with Gasteiger partial charge in [0.05, 0.1) is 4.92 Å². The molecule has 6 heteroatoms. The molecule has 1 N–H and O–H groups in total. The first kappa shape index (κ1) is 13.7. The number of nitrogens with zero attached hydrogens (tertiary/aromatic N) is 2. The predicted molar refractivity (Wildman–Crippen MR) is 76.4 cm³/mol. The quantitative estimate of drug-likeness (QED) is 0.675. The molecule has 1 fully saturated rings. The van der Waals surface area contributed by atoms with E-state index >= 15 is 0 Å². The zero-order valence-corrected chi connectivity index (χ0v) is 11.5. The molecule has 1 aliphatic heterocycles. The maximum atomic E-state index is 10.9. The van der Waals surface area contributed by atoms with Gasteiger partial charge in [-0.25, -0.2) is 0 Å². The van der Waals surface area contributed by atoms with Crippen LogP contribution in [-0.2, 0) is 0 Å². The summed E-state index contributed by atoms with van der Waals surface area (Å²) < 4.78 is 0.197. The highest BCUT2D eigenvalue weighted by Crippen LogP contribution is 2.37. The maximum absolute atomic E-state index is 10.9. The molecule has 1 aliphatic rings. The molecule has 0 bridgehead atoms. The van der Waals surface area contributed by atoms with Crippen molar-refractivity contribution in [1.82, 2.24) is 0 Å². The van der Waals surface area contributed by atoms with Crippen LogP contribution in [0.4, 0.5) is 11.4 Å². The van der Waals surface area contributed by atoms with Gasteiger partial charge in [0.1, 0.15) is 11.6 Å². The van der Waals surface area contributed by atoms with Gasteiger partial charge in [-0.05, 0) is 37.7 Å². The summed E-state index contributed by atoms with van der Waals surface area (Å²) in [4.78, 5) is 10.4. The van der Waals surface area contributed by atoms with Crippen LogP contribution in [-0.4, -0.2) is 22.0 Å². The molecule has 1 heterocycles. The third-order valence-corrected chi connectivity index (χ3v) is 4.82. The van der Waals surface area contributed by atoms with E-state index in [1.54, 1.807) is 6.07 Å². The summed E-state index contributed by atoms with van der Waals surface area (Å²) in [5.74, 6) is 1.17. The summed E-state index contributed by atoms with van der Waals surface area (Å²) in [6, 6.07) is 6.47. The van der Waals surface area contributed by atoms with Gasteiger partial charge >= 0.3 is 0 Å². The second-order valence-electron chi connectivity index (χ2n) is 4.86. The van der Waals surface area contributed by atoms with E-state index < -0.39 is 4.92 Å². The summed E-state index contributed by atoms with van der Waals surface area (Å²) in [6.45, 7) is 2.98. The fourth-order valence-electron chi connectivity index (χ4n) is 2.15. The number of thioether (sulfide) groups is 1. The lowest BCUT2D eigenvalue weighted by Crippen LogP contribution is -2.27. The summed E-state index contributed by atoms with van der Waals surface area (Å²) in [5, 5.41) is 22.9. The van der Waals surface area contributed by atoms with Gasteiger partial charge in [0, 0.05) is 23.0 Å². The van der Waals surface area contributed by atoms with Crippen molar-refractivity contribution in [3.05, 3.63) is 33.9 Å². The van der Waals surface area contributed by atoms with E-state index in [1.807, 2.05) is 17.8 Å². The van der Waals surface area contributed by atoms with Crippen LogP contribution in [0.25, 0.3) is 0 Å². The van der Waals surface area contributed by atoms with Gasteiger partial charge in [-0.3, -0.25) is 10.1 Å². The largest absolute Gasteiger partial charge is 0.383 e. The molecule has 0 saturated carbocycles. The zero-order valence-electron chi connectivity index (χ0n) is 10.7. The fraction of sp³-hybridized carbons (Fsp3) is 0.462. The molecule has 0 spiro atoms. The average molecular weight is 277 g/mol. The predicted octanol–water partition coefficient (Wildman–Crippen LogP) is 3.16. The Morgan fingerprint density at radius 2 is 2.42 bits per heavy atom. The standard InChI is InChI=1S/C13H15N3O2S/c1-13(5-2-6-19-13)9-15-11-4-3-10(8-14)12(7-11)16(17)18/h3-4,7,15H,2,5-6,9H2,1H3. The van der Waals surface area contributed by atoms with Crippen LogP contribution in [0, 0.1) is 21.4 Å². The van der Waals surface area contributed by atoms with Gasteiger partial charge in [0.15, 0.2) is 0 Å². The summed E-state index contributed by atoms with van der Waals surface area (Å²) in [6.07, 6.45) is 2.37. The Morgan fingerprint density at radius 3 is 3.00 bits per heavy atom. The van der Waals surface area contributed by atoms with Gasteiger partial charge in [-0.15, -0.1) is 0 Å². The van der Waals surface area contributed by atoms with E-state index in [4.69, 9.17) is 5.26 Å². The number of hydrogen-bond acceptors (Lipinski definition) is 5. The lowest BCUT2D eigenvalue weighted by molar-refractivity contribution is -0.385. The minimum absolute atomic E-state index is 0.0944. The number of rotatable bonds is 4. The first-order valence-corrected chi connectivity index (χ1v) is 7.09. The number of benzene rings is 1. The molecule has 2 rings (SSSR count). The molecule has 1 unspecified atom stereocenters. The Bertz CT molecular complexity index is 533. The SMILES string of the molecule is CC1(CNc2ccc(C#N)c([N+](=O)[O-])c2)CCCS1. The van der Waals surface area contributed by atoms with Crippen LogP contribution < -0.4 is 5.32 Å². The average Bonchev–Trinajstić information content (AvgIpc) is 2.83. The lowest BCUT2D eigenvalue weighted by atomic mass is 10.1. The van der Waals surface area contributed by atoms with Crippen molar-refractivity contribution in [3.8, 4) is 6.07 Å². The number of nitro benzene ring substituents is 1. The second-order valence-corrected chi connectivity index (χ2v) is 6.54. The molecule has 0 aromatic heterocycles. The van der Waals surface area contributed by atoms with Gasteiger partial charge in [0.25, 0.3) is 5.69 Å². The van der Waals surface area contributed by atoms with Crippen LogP contribution >= 0.6 is 11.8 Å². The Kier molecular flexibility index (Phi) is 3.96. The van der Waals surface area contributed by atoms with Crippen molar-refractivity contribution in [2.24, 2.45) is 0 Å².